The highest BCUT2D eigenvalue weighted by Gasteiger charge is 2.10. The number of anilines is 1. The minimum absolute atomic E-state index is 0.227. The number of aromatic nitrogens is 1. The van der Waals surface area contributed by atoms with Crippen LogP contribution in [0.2, 0.25) is 0 Å². The molecular formula is C10H16N2O3S. The highest BCUT2D eigenvalue weighted by molar-refractivity contribution is 7.13. The highest BCUT2D eigenvalue weighted by atomic mass is 32.1. The first-order chi connectivity index (χ1) is 7.67. The number of rotatable bonds is 6. The molecule has 0 aliphatic carbocycles. The van der Waals surface area contributed by atoms with Gasteiger partial charge in [-0.25, -0.2) is 4.98 Å². The number of esters is 1. The molecule has 1 rings (SSSR count). The molecule has 0 amide bonds. The fourth-order valence-electron chi connectivity index (χ4n) is 1.10. The number of carbonyl (C=O) groups excluding carboxylic acids is 1. The predicted octanol–water partition coefficient (Wildman–Crippen LogP) is 0.941. The highest BCUT2D eigenvalue weighted by Crippen LogP contribution is 2.19. The molecule has 1 aromatic heterocycles. The van der Waals surface area contributed by atoms with Gasteiger partial charge in [0.15, 0.2) is 5.13 Å². The lowest BCUT2D eigenvalue weighted by Gasteiger charge is -2.14. The van der Waals surface area contributed by atoms with E-state index >= 15 is 0 Å². The SMILES string of the molecule is COCCN(C)c1nc(CC(=O)OC)cs1. The standard InChI is InChI=1S/C10H16N2O3S/c1-12(4-5-14-2)10-11-8(7-16-10)6-9(13)15-3/h7H,4-6H2,1-3H3. The topological polar surface area (TPSA) is 51.7 Å². The number of ether oxygens (including phenoxy) is 2. The second-order valence-corrected chi connectivity index (χ2v) is 4.13. The maximum absolute atomic E-state index is 11.0. The Kier molecular flexibility index (Phi) is 5.21. The second-order valence-electron chi connectivity index (χ2n) is 3.29. The van der Waals surface area contributed by atoms with Gasteiger partial charge in [-0.1, -0.05) is 0 Å². The molecule has 0 aromatic carbocycles. The van der Waals surface area contributed by atoms with Crippen LogP contribution in [0.15, 0.2) is 5.38 Å². The van der Waals surface area contributed by atoms with E-state index in [4.69, 9.17) is 4.74 Å². The van der Waals surface area contributed by atoms with Crippen LogP contribution in [0.5, 0.6) is 0 Å². The van der Waals surface area contributed by atoms with Crippen LogP contribution in [0.4, 0.5) is 5.13 Å². The summed E-state index contributed by atoms with van der Waals surface area (Å²) in [5, 5.41) is 2.76. The van der Waals surface area contributed by atoms with Gasteiger partial charge in [-0.2, -0.15) is 0 Å². The Bertz CT molecular complexity index is 341. The Labute approximate surface area is 99.0 Å². The van der Waals surface area contributed by atoms with Crippen molar-refractivity contribution in [3.8, 4) is 0 Å². The molecule has 0 aliphatic rings. The lowest BCUT2D eigenvalue weighted by atomic mass is 10.3. The van der Waals surface area contributed by atoms with E-state index in [0.717, 1.165) is 17.4 Å². The Morgan fingerprint density at radius 2 is 2.31 bits per heavy atom. The molecule has 0 fully saturated rings. The van der Waals surface area contributed by atoms with Crippen LogP contribution in [0.1, 0.15) is 5.69 Å². The molecule has 0 saturated heterocycles. The van der Waals surface area contributed by atoms with Gasteiger partial charge >= 0.3 is 5.97 Å². The molecule has 0 spiro atoms. The van der Waals surface area contributed by atoms with Crippen molar-refractivity contribution in [2.45, 2.75) is 6.42 Å². The average molecular weight is 244 g/mol. The molecule has 0 bridgehead atoms. The van der Waals surface area contributed by atoms with E-state index in [2.05, 4.69) is 9.72 Å². The maximum atomic E-state index is 11.0. The third-order valence-corrected chi connectivity index (χ3v) is 3.05. The van der Waals surface area contributed by atoms with E-state index in [9.17, 15) is 4.79 Å². The Balaban J connectivity index is 2.53. The first-order valence-electron chi connectivity index (χ1n) is 4.88. The van der Waals surface area contributed by atoms with Gasteiger partial charge in [0, 0.05) is 26.1 Å². The quantitative estimate of drug-likeness (QED) is 0.697. The molecule has 1 aromatic rings. The van der Waals surface area contributed by atoms with Crippen LogP contribution in [0, 0.1) is 0 Å². The van der Waals surface area contributed by atoms with Crippen LogP contribution >= 0.6 is 11.3 Å². The fourth-order valence-corrected chi connectivity index (χ4v) is 1.92. The van der Waals surface area contributed by atoms with Crippen LogP contribution in [0.25, 0.3) is 0 Å². The number of carbonyl (C=O) groups is 1. The van der Waals surface area contributed by atoms with Gasteiger partial charge in [0.25, 0.3) is 0 Å². The van der Waals surface area contributed by atoms with Gasteiger partial charge in [-0.15, -0.1) is 11.3 Å². The third kappa shape index (κ3) is 3.79. The van der Waals surface area contributed by atoms with Crippen LogP contribution in [-0.4, -0.2) is 45.4 Å². The molecule has 16 heavy (non-hydrogen) atoms. The number of hydrogen-bond acceptors (Lipinski definition) is 6. The number of nitrogens with zero attached hydrogens (tertiary/aromatic N) is 2. The average Bonchev–Trinajstić information content (AvgIpc) is 2.74. The van der Waals surface area contributed by atoms with Gasteiger partial charge in [-0.05, 0) is 0 Å². The lowest BCUT2D eigenvalue weighted by Crippen LogP contribution is -2.21. The fraction of sp³-hybridized carbons (Fsp3) is 0.600. The number of thiazole rings is 1. The summed E-state index contributed by atoms with van der Waals surface area (Å²) >= 11 is 1.51. The summed E-state index contributed by atoms with van der Waals surface area (Å²) in [7, 11) is 4.98. The summed E-state index contributed by atoms with van der Waals surface area (Å²) in [5.41, 5.74) is 0.746. The number of methoxy groups -OCH3 is 2. The van der Waals surface area contributed by atoms with Crippen LogP contribution in [0.3, 0.4) is 0 Å². The zero-order chi connectivity index (χ0) is 12.0. The normalized spacial score (nSPS) is 10.2. The molecule has 90 valence electrons. The summed E-state index contributed by atoms with van der Waals surface area (Å²) in [6.07, 6.45) is 0.227. The first kappa shape index (κ1) is 12.9. The maximum Gasteiger partial charge on any atom is 0.311 e. The van der Waals surface area contributed by atoms with Gasteiger partial charge in [-0.3, -0.25) is 4.79 Å². The predicted molar refractivity (Wildman–Crippen MR) is 63.0 cm³/mol. The van der Waals surface area contributed by atoms with Gasteiger partial charge in [0.1, 0.15) is 0 Å². The van der Waals surface area contributed by atoms with Crippen molar-refractivity contribution in [2.75, 3.05) is 39.3 Å². The van der Waals surface area contributed by atoms with Crippen molar-refractivity contribution in [1.29, 1.82) is 0 Å². The molecule has 0 saturated carbocycles. The first-order valence-corrected chi connectivity index (χ1v) is 5.76. The van der Waals surface area contributed by atoms with Crippen molar-refractivity contribution in [3.05, 3.63) is 11.1 Å². The monoisotopic (exact) mass is 244 g/mol. The lowest BCUT2D eigenvalue weighted by molar-refractivity contribution is -0.139. The molecule has 0 unspecified atom stereocenters. The molecule has 1 heterocycles. The summed E-state index contributed by atoms with van der Waals surface area (Å²) in [4.78, 5) is 17.4. The largest absolute Gasteiger partial charge is 0.469 e. The minimum atomic E-state index is -0.267. The molecule has 5 nitrogen and oxygen atoms in total. The smallest absolute Gasteiger partial charge is 0.311 e. The Morgan fingerprint density at radius 1 is 1.56 bits per heavy atom. The molecular weight excluding hydrogens is 228 g/mol. The molecule has 0 aliphatic heterocycles. The van der Waals surface area contributed by atoms with Gasteiger partial charge in [0.05, 0.1) is 25.8 Å². The Morgan fingerprint density at radius 3 is 2.94 bits per heavy atom. The van der Waals surface area contributed by atoms with E-state index < -0.39 is 0 Å². The van der Waals surface area contributed by atoms with Crippen molar-refractivity contribution in [3.63, 3.8) is 0 Å². The number of hydrogen-bond donors (Lipinski definition) is 0. The molecule has 0 atom stereocenters. The summed E-state index contributed by atoms with van der Waals surface area (Å²) in [6, 6.07) is 0. The second kappa shape index (κ2) is 6.44. The van der Waals surface area contributed by atoms with E-state index in [1.165, 1.54) is 18.4 Å². The van der Waals surface area contributed by atoms with Gasteiger partial charge in [0.2, 0.25) is 0 Å². The summed E-state index contributed by atoms with van der Waals surface area (Å²) in [6.45, 7) is 1.43. The van der Waals surface area contributed by atoms with E-state index in [0.29, 0.717) is 6.61 Å². The summed E-state index contributed by atoms with van der Waals surface area (Å²) in [5.74, 6) is -0.267. The summed E-state index contributed by atoms with van der Waals surface area (Å²) < 4.78 is 9.56. The van der Waals surface area contributed by atoms with E-state index in [1.54, 1.807) is 7.11 Å². The number of likely N-dealkylation sites (N-methyl/N-ethyl adjacent to an activating group) is 1. The molecule has 0 N–H and O–H groups in total. The minimum Gasteiger partial charge on any atom is -0.469 e. The molecule has 6 heteroatoms. The van der Waals surface area contributed by atoms with E-state index in [1.807, 2.05) is 17.3 Å². The van der Waals surface area contributed by atoms with Crippen molar-refractivity contribution in [1.82, 2.24) is 4.98 Å². The zero-order valence-corrected chi connectivity index (χ0v) is 10.5. The van der Waals surface area contributed by atoms with Crippen molar-refractivity contribution in [2.24, 2.45) is 0 Å². The van der Waals surface area contributed by atoms with Crippen molar-refractivity contribution < 1.29 is 14.3 Å². The van der Waals surface area contributed by atoms with Crippen LogP contribution in [-0.2, 0) is 20.7 Å². The zero-order valence-electron chi connectivity index (χ0n) is 9.73. The molecule has 0 radical (unpaired) electrons. The van der Waals surface area contributed by atoms with Crippen molar-refractivity contribution >= 4 is 22.4 Å². The van der Waals surface area contributed by atoms with Gasteiger partial charge < -0.3 is 14.4 Å². The Hall–Kier alpha value is -1.14. The third-order valence-electron chi connectivity index (χ3n) is 2.05. The van der Waals surface area contributed by atoms with Crippen LogP contribution < -0.4 is 4.90 Å². The van der Waals surface area contributed by atoms with E-state index in [-0.39, 0.29) is 12.4 Å².